The molecule has 7 nitrogen and oxygen atoms in total. The Morgan fingerprint density at radius 2 is 0.581 bits per heavy atom. The zero-order valence-electron chi connectivity index (χ0n) is 82.3. The Kier molecular flexibility index (Phi) is 50.4. The number of aryl methyl sites for hydroxylation is 4. The molecule has 716 valence electrons. The molecule has 0 radical (unpaired) electrons. The SMILES string of the molecule is CCCCC(CC)CBr.CCCCCCCCCCCc1csc2cc(C3=C4C(=O)N(CC(CCCC)CCCCCC)C(c5cc6scc(CCCCCCCCCCC)c6s5)=C4C(=O)N3CC(CCCC)CCCCCC)sc12.CCCCCCCCCCCc1csc2cc(C3=C4C(=O)NC(c5cc6scc(CCCCCCCCCCC)c6s5)=C4C(=O)C3)sc12. The molecule has 3 unspecified atom stereocenters. The first-order valence-corrected chi connectivity index (χ1v) is 61.2. The predicted octanol–water partition coefficient (Wildman–Crippen LogP) is 39.0. The Morgan fingerprint density at radius 3 is 0.899 bits per heavy atom. The first-order valence-electron chi connectivity index (χ1n) is 53.3. The van der Waals surface area contributed by atoms with Gasteiger partial charge in [0.25, 0.3) is 17.7 Å². The number of thiophene rings is 8. The number of amides is 3. The van der Waals surface area contributed by atoms with Gasteiger partial charge >= 0.3 is 0 Å². The number of hydrogen-bond donors (Lipinski definition) is 1. The molecule has 11 heterocycles. The van der Waals surface area contributed by atoms with E-state index >= 15 is 9.59 Å². The smallest absolute Gasteiger partial charge is 0.261 e. The summed E-state index contributed by atoms with van der Waals surface area (Å²) in [5, 5.41) is 13.8. The molecule has 12 rings (SSSR count). The number of nitrogens with one attached hydrogen (secondary N) is 1. The molecule has 0 spiro atoms. The van der Waals surface area contributed by atoms with Crippen LogP contribution >= 0.6 is 107 Å². The second-order valence-corrected chi connectivity index (χ2v) is 47.3. The van der Waals surface area contributed by atoms with E-state index in [0.29, 0.717) is 53.6 Å². The number of carbonyl (C=O) groups is 4. The molecule has 8 aromatic rings. The Morgan fingerprint density at radius 1 is 0.310 bits per heavy atom. The van der Waals surface area contributed by atoms with Crippen LogP contribution in [0.5, 0.6) is 0 Å². The summed E-state index contributed by atoms with van der Waals surface area (Å²) >= 11 is 18.1. The highest BCUT2D eigenvalue weighted by Crippen LogP contribution is 2.54. The van der Waals surface area contributed by atoms with E-state index in [1.807, 2.05) is 56.7 Å². The van der Waals surface area contributed by atoms with Crippen LogP contribution in [0.25, 0.3) is 60.3 Å². The standard InChI is InChI=1S/C64H100N2O2S4.C41H53NO2S4.C8H17Br/c1-7-13-19-23-25-27-29-31-35-41-51-47-69-55-43-53(71-61(51)55)59-57-58(64(68)65(59)45-49(37-17-11-5)39-33-21-15-9-3)60(66(63(57)67)46-50(38-18-12-6)40-34-22-16-10-4)54-44-56-62(72-54)52(48-70-56)42-36-32-30-28-26-24-20-14-8-2;1-3-5-7-9-11-13-15-17-19-21-28-26-45-34-24-32(47-39(28)34)30-23-31(43)37-36(30)41(44)42-38(37)33-25-35-40(48-33)29(27-46-35)22-20-18-16-14-12-10-8-6-4-2;1-3-5-6-8(4-2)7-9/h43-44,47-50H,7-42,45-46H2,1-6H3;24-27H,3-23H2,1-2H3,(H,42,44);8H,3-7H2,1-2H3. The fourth-order valence-electron chi connectivity index (χ4n) is 20.0. The minimum absolute atomic E-state index is 0.0756. The van der Waals surface area contributed by atoms with Crippen molar-refractivity contribution in [1.29, 1.82) is 0 Å². The van der Waals surface area contributed by atoms with Crippen molar-refractivity contribution >= 4 is 190 Å². The molecule has 1 N–H and O–H groups in total. The van der Waals surface area contributed by atoms with Gasteiger partial charge in [-0.25, -0.2) is 0 Å². The van der Waals surface area contributed by atoms with E-state index in [1.54, 1.807) is 34.0 Å². The topological polar surface area (TPSA) is 86.8 Å². The zero-order valence-corrected chi connectivity index (χ0v) is 90.4. The highest BCUT2D eigenvalue weighted by atomic mass is 79.9. The van der Waals surface area contributed by atoms with Crippen LogP contribution in [0, 0.1) is 17.8 Å². The molecule has 8 aromatic heterocycles. The zero-order chi connectivity index (χ0) is 91.3. The van der Waals surface area contributed by atoms with Gasteiger partial charge in [0.05, 0.1) is 54.0 Å². The molecule has 0 fully saturated rings. The third-order valence-corrected chi connectivity index (χ3v) is 38.3. The lowest BCUT2D eigenvalue weighted by Crippen LogP contribution is -2.34. The Labute approximate surface area is 824 Å². The number of alkyl halides is 1. The molecule has 4 aliphatic rings. The van der Waals surface area contributed by atoms with Crippen LogP contribution in [-0.2, 0) is 44.9 Å². The Balaban J connectivity index is 0.000000260. The average Bonchev–Trinajstić information content (AvgIpc) is 1.54. The van der Waals surface area contributed by atoms with Crippen LogP contribution in [0.4, 0.5) is 0 Å². The van der Waals surface area contributed by atoms with Crippen LogP contribution < -0.4 is 5.32 Å². The van der Waals surface area contributed by atoms with Crippen LogP contribution in [0.2, 0.25) is 0 Å². The lowest BCUT2D eigenvalue weighted by molar-refractivity contribution is -0.124. The summed E-state index contributed by atoms with van der Waals surface area (Å²) in [5.41, 5.74) is 12.0. The molecule has 0 saturated heterocycles. The van der Waals surface area contributed by atoms with E-state index in [2.05, 4.69) is 146 Å². The van der Waals surface area contributed by atoms with Crippen molar-refractivity contribution in [2.75, 3.05) is 18.4 Å². The summed E-state index contributed by atoms with van der Waals surface area (Å²) in [6.07, 6.45) is 77.5. The summed E-state index contributed by atoms with van der Waals surface area (Å²) in [7, 11) is 0. The Hall–Kier alpha value is -3.84. The van der Waals surface area contributed by atoms with Crippen LogP contribution in [-0.4, -0.2) is 51.7 Å². The van der Waals surface area contributed by atoms with Crippen molar-refractivity contribution in [3.63, 3.8) is 0 Å². The number of halogens is 1. The summed E-state index contributed by atoms with van der Waals surface area (Å²) in [6, 6.07) is 9.16. The quantitative estimate of drug-likeness (QED) is 0.0304. The van der Waals surface area contributed by atoms with E-state index in [1.165, 1.54) is 386 Å². The van der Waals surface area contributed by atoms with Gasteiger partial charge in [0, 0.05) is 67.3 Å². The van der Waals surface area contributed by atoms with Gasteiger partial charge in [-0.1, -0.05) is 387 Å². The van der Waals surface area contributed by atoms with Crippen molar-refractivity contribution in [1.82, 2.24) is 15.1 Å². The maximum absolute atomic E-state index is 15.8. The number of fused-ring (bicyclic) bond motifs is 6. The summed E-state index contributed by atoms with van der Waals surface area (Å²) < 4.78 is 10.6. The van der Waals surface area contributed by atoms with Gasteiger partial charge < -0.3 is 15.1 Å². The highest BCUT2D eigenvalue weighted by molar-refractivity contribution is 9.09. The van der Waals surface area contributed by atoms with Crippen molar-refractivity contribution in [3.8, 4) is 0 Å². The molecule has 1 aliphatic carbocycles. The number of ketones is 1. The number of nitrogens with zero attached hydrogens (tertiary/aromatic N) is 2. The third-order valence-electron chi connectivity index (χ3n) is 28.1. The average molecular weight is 1970 g/mol. The number of allylic oxidation sites excluding steroid dienone is 1. The van der Waals surface area contributed by atoms with Crippen LogP contribution in [0.15, 0.2) is 68.1 Å². The number of Topliss-reactive ketones (excluding diaryl/α,β-unsaturated/α-hetero) is 1. The minimum atomic E-state index is -0.112. The van der Waals surface area contributed by atoms with Crippen molar-refractivity contribution in [2.24, 2.45) is 17.8 Å². The van der Waals surface area contributed by atoms with Crippen molar-refractivity contribution in [3.05, 3.63) is 110 Å². The van der Waals surface area contributed by atoms with Gasteiger partial charge in [-0.3, -0.25) is 19.2 Å². The maximum Gasteiger partial charge on any atom is 0.261 e. The van der Waals surface area contributed by atoms with E-state index in [0.717, 1.165) is 112 Å². The highest BCUT2D eigenvalue weighted by Gasteiger charge is 2.51. The number of hydrogen-bond acceptors (Lipinski definition) is 12. The lowest BCUT2D eigenvalue weighted by Gasteiger charge is -2.29. The lowest BCUT2D eigenvalue weighted by atomic mass is 9.94. The summed E-state index contributed by atoms with van der Waals surface area (Å²) in [4.78, 5) is 67.3. The van der Waals surface area contributed by atoms with E-state index in [-0.39, 0.29) is 23.5 Å². The number of rotatable bonds is 69. The van der Waals surface area contributed by atoms with E-state index in [4.69, 9.17) is 0 Å². The van der Waals surface area contributed by atoms with Gasteiger partial charge in [0.2, 0.25) is 0 Å². The Bertz CT molecular complexity index is 4450. The van der Waals surface area contributed by atoms with Crippen molar-refractivity contribution < 1.29 is 19.2 Å². The van der Waals surface area contributed by atoms with Gasteiger partial charge in [-0.15, -0.1) is 90.7 Å². The molecular formula is C113H170BrN3O4S8. The fourth-order valence-corrected chi connectivity index (χ4v) is 30.7. The molecule has 16 heteroatoms. The first-order chi connectivity index (χ1) is 63.3. The second-order valence-electron chi connectivity index (χ2n) is 38.8. The molecule has 0 saturated carbocycles. The first kappa shape index (κ1) is 107. The fraction of sp³-hybridized carbons (Fsp3) is 0.681. The van der Waals surface area contributed by atoms with Gasteiger partial charge in [-0.05, 0) is 175 Å². The summed E-state index contributed by atoms with van der Waals surface area (Å²) in [6.45, 7) is 24.3. The molecule has 3 atom stereocenters. The number of carbonyl (C=O) groups excluding carboxylic acids is 4. The molecule has 3 amide bonds. The predicted molar refractivity (Wildman–Crippen MR) is 582 cm³/mol. The maximum atomic E-state index is 15.8. The summed E-state index contributed by atoms with van der Waals surface area (Å²) in [5.74, 6) is 1.86. The van der Waals surface area contributed by atoms with Crippen LogP contribution in [0.1, 0.15) is 477 Å². The minimum Gasteiger partial charge on any atom is -0.320 e. The van der Waals surface area contributed by atoms with Gasteiger partial charge in [-0.2, -0.15) is 0 Å². The molecule has 3 aliphatic heterocycles. The molecule has 0 bridgehead atoms. The molecule has 0 aromatic carbocycles. The van der Waals surface area contributed by atoms with Gasteiger partial charge in [0.15, 0.2) is 5.78 Å². The third kappa shape index (κ3) is 32.1. The normalized spacial score (nSPS) is 14.9. The van der Waals surface area contributed by atoms with E-state index < -0.39 is 0 Å². The van der Waals surface area contributed by atoms with E-state index in [9.17, 15) is 9.59 Å². The van der Waals surface area contributed by atoms with Crippen LogP contribution in [0.3, 0.4) is 0 Å². The molecule has 129 heavy (non-hydrogen) atoms. The van der Waals surface area contributed by atoms with Gasteiger partial charge in [0.1, 0.15) is 0 Å². The number of unbranched alkanes of at least 4 members (excludes halogenated alkanes) is 41. The second kappa shape index (κ2) is 60.7. The largest absolute Gasteiger partial charge is 0.320 e. The molecular weight excluding hydrogens is 1800 g/mol. The monoisotopic (exact) mass is 1970 g/mol. The van der Waals surface area contributed by atoms with Crippen molar-refractivity contribution in [2.45, 2.75) is 461 Å².